The average molecular weight is 1070 g/mol. The van der Waals surface area contributed by atoms with E-state index in [0.29, 0.717) is 69.6 Å². The molecular weight excluding hydrogens is 1010 g/mol. The van der Waals surface area contributed by atoms with Gasteiger partial charge in [0.2, 0.25) is 0 Å². The molecule has 0 N–H and O–H groups in total. The van der Waals surface area contributed by atoms with Gasteiger partial charge in [-0.25, -0.2) is 0 Å². The first-order valence-electron chi connectivity index (χ1n) is 24.9. The first-order chi connectivity index (χ1) is 35.2. The smallest absolute Gasteiger partial charge is 0.872 e. The molecule has 0 amide bonds. The Hall–Kier alpha value is -6.82. The summed E-state index contributed by atoms with van der Waals surface area (Å²) in [5.74, 6) is 0.344. The van der Waals surface area contributed by atoms with Crippen LogP contribution < -0.4 is 30.6 Å². The van der Waals surface area contributed by atoms with Crippen molar-refractivity contribution in [1.82, 2.24) is 0 Å². The summed E-state index contributed by atoms with van der Waals surface area (Å²) in [4.78, 5) is 25.5. The summed E-state index contributed by atoms with van der Waals surface area (Å²) < 4.78 is 0. The maximum Gasteiger partial charge on any atom is 3.00 e. The Labute approximate surface area is 456 Å². The molecule has 0 radical (unpaired) electrons. The van der Waals surface area contributed by atoms with Crippen molar-refractivity contribution in [3.8, 4) is 34.5 Å². The number of aliphatic imine (C=N–C) groups is 6. The fourth-order valence-electron chi connectivity index (χ4n) is 5.98. The molecule has 6 saturated carbocycles. The molecule has 12 nitrogen and oxygen atoms in total. The van der Waals surface area contributed by atoms with Gasteiger partial charge in [-0.2, -0.15) is 0 Å². The number of benzene rings is 6. The Kier molecular flexibility index (Phi) is 24.4. The predicted molar refractivity (Wildman–Crippen MR) is 279 cm³/mol. The van der Waals surface area contributed by atoms with E-state index in [1.54, 1.807) is 146 Å². The molecule has 0 atom stereocenters. The summed E-state index contributed by atoms with van der Waals surface area (Å²) in [5.41, 5.74) is 4.19. The quantitative estimate of drug-likeness (QED) is 0.0873. The summed E-state index contributed by atoms with van der Waals surface area (Å²) in [6.07, 6.45) is 24.3. The molecule has 74 heavy (non-hydrogen) atoms. The molecule has 0 heterocycles. The van der Waals surface area contributed by atoms with E-state index in [0.717, 1.165) is 0 Å². The number of rotatable bonds is 12. The fourth-order valence-corrected chi connectivity index (χ4v) is 5.98. The summed E-state index contributed by atoms with van der Waals surface area (Å²) in [6, 6.07) is 44.7. The molecule has 6 aliphatic carbocycles. The van der Waals surface area contributed by atoms with Crippen LogP contribution in [0.25, 0.3) is 0 Å². The number of para-hydroxylation sites is 6. The van der Waals surface area contributed by atoms with Crippen LogP contribution in [0.3, 0.4) is 0 Å². The van der Waals surface area contributed by atoms with E-state index in [1.165, 1.54) is 77.0 Å². The van der Waals surface area contributed by atoms with Crippen LogP contribution in [-0.2, 0) is 34.1 Å². The second-order valence-electron chi connectivity index (χ2n) is 18.3. The van der Waals surface area contributed by atoms with Gasteiger partial charge in [0.25, 0.3) is 0 Å². The normalized spacial score (nSPS) is 16.5. The van der Waals surface area contributed by atoms with E-state index in [1.807, 2.05) is 36.4 Å². The first-order valence-corrected chi connectivity index (χ1v) is 24.9. The van der Waals surface area contributed by atoms with Crippen LogP contribution in [0, 0.1) is 0 Å². The molecule has 0 spiro atoms. The fraction of sp³-hybridized carbons (Fsp3) is 0.300. The van der Waals surface area contributed by atoms with Crippen molar-refractivity contribution in [2.45, 2.75) is 113 Å². The Morgan fingerprint density at radius 1 is 0.230 bits per heavy atom. The second kappa shape index (κ2) is 31.0. The zero-order valence-electron chi connectivity index (χ0n) is 41.2. The van der Waals surface area contributed by atoms with Crippen LogP contribution in [0.4, 0.5) is 0 Å². The number of nitrogens with zero attached hydrogens (tertiary/aromatic N) is 6. The monoisotopic (exact) mass is 1070 g/mol. The van der Waals surface area contributed by atoms with E-state index in [9.17, 15) is 30.6 Å². The second-order valence-corrected chi connectivity index (χ2v) is 18.3. The molecule has 0 unspecified atom stereocenters. The molecule has 14 heteroatoms. The molecule has 6 aliphatic rings. The van der Waals surface area contributed by atoms with E-state index in [-0.39, 0.29) is 68.6 Å². The van der Waals surface area contributed by atoms with Gasteiger partial charge in [0.1, 0.15) is 0 Å². The van der Waals surface area contributed by atoms with Crippen molar-refractivity contribution >= 4 is 37.3 Å². The van der Waals surface area contributed by atoms with Crippen molar-refractivity contribution in [2.24, 2.45) is 30.0 Å². The Balaban J connectivity index is 0.000000164. The van der Waals surface area contributed by atoms with E-state index < -0.39 is 0 Å². The number of hydrogen-bond acceptors (Lipinski definition) is 12. The minimum atomic E-state index is 0. The van der Waals surface area contributed by atoms with Crippen LogP contribution in [0.15, 0.2) is 176 Å². The summed E-state index contributed by atoms with van der Waals surface area (Å²) in [7, 11) is 0. The maximum absolute atomic E-state index is 11.2. The molecule has 6 fully saturated rings. The molecule has 0 saturated heterocycles. The summed E-state index contributed by atoms with van der Waals surface area (Å²) >= 11 is 0. The Morgan fingerprint density at radius 2 is 0.351 bits per heavy atom. The minimum Gasteiger partial charge on any atom is -0.872 e. The first kappa shape index (κ1) is 58.1. The van der Waals surface area contributed by atoms with Gasteiger partial charge in [-0.3, -0.25) is 30.0 Å². The largest absolute Gasteiger partial charge is 3.00 e. The maximum atomic E-state index is 11.2. The van der Waals surface area contributed by atoms with Gasteiger partial charge in [-0.05, 0) is 110 Å². The van der Waals surface area contributed by atoms with Crippen LogP contribution >= 0.6 is 0 Å². The molecular formula is C60H60Mn2N6O6. The van der Waals surface area contributed by atoms with Gasteiger partial charge < -0.3 is 30.6 Å². The summed E-state index contributed by atoms with van der Waals surface area (Å²) in [6.45, 7) is 0. The van der Waals surface area contributed by atoms with Gasteiger partial charge in [0.15, 0.2) is 0 Å². The van der Waals surface area contributed by atoms with Gasteiger partial charge >= 0.3 is 34.1 Å². The number of hydrogen-bond donors (Lipinski definition) is 0. The summed E-state index contributed by atoms with van der Waals surface area (Å²) in [5, 5.41) is 67.0. The zero-order chi connectivity index (χ0) is 50.3. The molecule has 6 aromatic carbocycles. The molecule has 0 bridgehead atoms. The molecule has 12 rings (SSSR count). The van der Waals surface area contributed by atoms with Crippen LogP contribution in [0.2, 0.25) is 0 Å². The van der Waals surface area contributed by atoms with Crippen molar-refractivity contribution in [3.05, 3.63) is 179 Å². The van der Waals surface area contributed by atoms with Gasteiger partial charge in [-0.15, -0.1) is 34.5 Å². The van der Waals surface area contributed by atoms with E-state index in [2.05, 4.69) is 30.0 Å². The Morgan fingerprint density at radius 3 is 0.459 bits per heavy atom. The van der Waals surface area contributed by atoms with Crippen molar-refractivity contribution in [2.75, 3.05) is 0 Å². The average Bonchev–Trinajstić information content (AvgIpc) is 4.16. The third-order valence-corrected chi connectivity index (χ3v) is 11.3. The van der Waals surface area contributed by atoms with Crippen LogP contribution in [0.5, 0.6) is 34.5 Å². The minimum absolute atomic E-state index is 0. The standard InChI is InChI=1S/6C10H11NO.2Mn/c6*12-10-4-2-1-3-8(10)7-11-9-5-6-9;;/h6*1-4,7,9,12H,5-6H2;;/q;;;;;;2*+3/p-6. The Bertz CT molecular complexity index is 2320. The SMILES string of the molecule is [Mn+3].[Mn+3].[O-]c1ccccc1C=NC1CC1.[O-]c1ccccc1C=NC1CC1.[O-]c1ccccc1C=NC1CC1.[O-]c1ccccc1C=NC1CC1.[O-]c1ccccc1C=NC1CC1.[O-]c1ccccc1C=NC1CC1. The van der Waals surface area contributed by atoms with Crippen LogP contribution in [-0.4, -0.2) is 73.5 Å². The van der Waals surface area contributed by atoms with Gasteiger partial charge in [-0.1, -0.05) is 146 Å². The van der Waals surface area contributed by atoms with Gasteiger partial charge in [0.05, 0.1) is 36.3 Å². The molecule has 380 valence electrons. The zero-order valence-corrected chi connectivity index (χ0v) is 43.5. The van der Waals surface area contributed by atoms with Crippen molar-refractivity contribution in [1.29, 1.82) is 0 Å². The van der Waals surface area contributed by atoms with Gasteiger partial charge in [0, 0.05) is 37.3 Å². The van der Waals surface area contributed by atoms with E-state index in [4.69, 9.17) is 0 Å². The molecule has 0 aromatic heterocycles. The van der Waals surface area contributed by atoms with Crippen molar-refractivity contribution < 1.29 is 64.8 Å². The van der Waals surface area contributed by atoms with E-state index >= 15 is 0 Å². The molecule has 6 aromatic rings. The topological polar surface area (TPSA) is 213 Å². The van der Waals surface area contributed by atoms with Crippen LogP contribution in [0.1, 0.15) is 110 Å². The third-order valence-electron chi connectivity index (χ3n) is 11.3. The third kappa shape index (κ3) is 23.4. The van der Waals surface area contributed by atoms with Crippen molar-refractivity contribution in [3.63, 3.8) is 0 Å². The molecule has 0 aliphatic heterocycles. The predicted octanol–water partition coefficient (Wildman–Crippen LogP) is 8.04.